The summed E-state index contributed by atoms with van der Waals surface area (Å²) in [6, 6.07) is 19.0. The van der Waals surface area contributed by atoms with E-state index in [0.29, 0.717) is 17.4 Å². The van der Waals surface area contributed by atoms with Gasteiger partial charge in [-0.05, 0) is 67.9 Å². The molecule has 2 heterocycles. The van der Waals surface area contributed by atoms with Crippen molar-refractivity contribution in [2.24, 2.45) is 5.92 Å². The van der Waals surface area contributed by atoms with E-state index >= 15 is 0 Å². The van der Waals surface area contributed by atoms with E-state index in [0.717, 1.165) is 43.7 Å². The number of halogens is 2. The van der Waals surface area contributed by atoms with Gasteiger partial charge in [-0.15, -0.1) is 0 Å². The first kappa shape index (κ1) is 23.2. The Bertz CT molecular complexity index is 1040. The minimum absolute atomic E-state index is 0.0382. The third-order valence-corrected chi connectivity index (χ3v) is 6.16. The molecule has 0 bridgehead atoms. The minimum Gasteiger partial charge on any atom is -0.492 e. The Labute approximate surface area is 198 Å². The van der Waals surface area contributed by atoms with E-state index in [1.807, 2.05) is 42.5 Å². The number of nitrogens with one attached hydrogen (secondary N) is 1. The lowest BCUT2D eigenvalue weighted by Crippen LogP contribution is -2.42. The van der Waals surface area contributed by atoms with Crippen molar-refractivity contribution < 1.29 is 13.9 Å². The number of likely N-dealkylation sites (tertiary alicyclic amines) is 1. The Balaban J connectivity index is 1.30. The van der Waals surface area contributed by atoms with Gasteiger partial charge in [0.25, 0.3) is 0 Å². The van der Waals surface area contributed by atoms with Gasteiger partial charge in [0.1, 0.15) is 18.2 Å². The summed E-state index contributed by atoms with van der Waals surface area (Å²) in [6.07, 6.45) is 3.29. The van der Waals surface area contributed by atoms with Crippen molar-refractivity contribution in [3.63, 3.8) is 0 Å². The SMILES string of the molecule is O=C(N[C@H](c1ccc(Cl)cc1)c1ccccn1)C1CCN(CCOc2cccc(F)c2)CC1. The first-order chi connectivity index (χ1) is 16.1. The Morgan fingerprint density at radius 2 is 1.91 bits per heavy atom. The summed E-state index contributed by atoms with van der Waals surface area (Å²) in [5.74, 6) is 0.217. The number of nitrogens with zero attached hydrogens (tertiary/aromatic N) is 2. The van der Waals surface area contributed by atoms with Crippen LogP contribution in [-0.2, 0) is 4.79 Å². The molecule has 1 aromatic heterocycles. The molecule has 1 amide bonds. The molecule has 3 aromatic rings. The van der Waals surface area contributed by atoms with Crippen LogP contribution < -0.4 is 10.1 Å². The highest BCUT2D eigenvalue weighted by Gasteiger charge is 2.27. The van der Waals surface area contributed by atoms with Gasteiger partial charge in [-0.25, -0.2) is 4.39 Å². The number of carbonyl (C=O) groups is 1. The lowest BCUT2D eigenvalue weighted by molar-refractivity contribution is -0.127. The molecule has 0 aliphatic carbocycles. The molecule has 172 valence electrons. The summed E-state index contributed by atoms with van der Waals surface area (Å²) in [4.78, 5) is 19.9. The smallest absolute Gasteiger partial charge is 0.224 e. The predicted octanol–water partition coefficient (Wildman–Crippen LogP) is 4.87. The predicted molar refractivity (Wildman–Crippen MR) is 127 cm³/mol. The van der Waals surface area contributed by atoms with Gasteiger partial charge < -0.3 is 10.1 Å². The van der Waals surface area contributed by atoms with Crippen molar-refractivity contribution in [1.82, 2.24) is 15.2 Å². The highest BCUT2D eigenvalue weighted by Crippen LogP contribution is 2.25. The monoisotopic (exact) mass is 467 g/mol. The maximum atomic E-state index is 13.3. The zero-order valence-electron chi connectivity index (χ0n) is 18.3. The second kappa shape index (κ2) is 11.3. The van der Waals surface area contributed by atoms with Crippen LogP contribution in [0.3, 0.4) is 0 Å². The van der Waals surface area contributed by atoms with Crippen molar-refractivity contribution in [3.05, 3.63) is 95.0 Å². The van der Waals surface area contributed by atoms with E-state index < -0.39 is 0 Å². The molecule has 0 saturated carbocycles. The van der Waals surface area contributed by atoms with Crippen molar-refractivity contribution in [2.45, 2.75) is 18.9 Å². The number of piperidine rings is 1. The van der Waals surface area contributed by atoms with Crippen molar-refractivity contribution in [2.75, 3.05) is 26.2 Å². The van der Waals surface area contributed by atoms with Crippen LogP contribution in [0.5, 0.6) is 5.75 Å². The number of ether oxygens (including phenoxy) is 1. The molecular formula is C26H27ClFN3O2. The molecule has 1 saturated heterocycles. The van der Waals surface area contributed by atoms with Crippen LogP contribution >= 0.6 is 11.6 Å². The van der Waals surface area contributed by atoms with Gasteiger partial charge in [0.15, 0.2) is 0 Å². The van der Waals surface area contributed by atoms with Gasteiger partial charge in [0.2, 0.25) is 5.91 Å². The molecule has 1 fully saturated rings. The molecule has 2 aromatic carbocycles. The maximum Gasteiger partial charge on any atom is 0.224 e. The largest absolute Gasteiger partial charge is 0.492 e. The average Bonchev–Trinajstić information content (AvgIpc) is 2.84. The van der Waals surface area contributed by atoms with Crippen molar-refractivity contribution >= 4 is 17.5 Å². The second-order valence-electron chi connectivity index (χ2n) is 8.17. The molecule has 0 radical (unpaired) electrons. The molecule has 1 atom stereocenters. The van der Waals surface area contributed by atoms with Crippen LogP contribution in [0.15, 0.2) is 72.9 Å². The van der Waals surface area contributed by atoms with E-state index in [1.165, 1.54) is 12.1 Å². The summed E-state index contributed by atoms with van der Waals surface area (Å²) < 4.78 is 18.9. The fourth-order valence-electron chi connectivity index (χ4n) is 4.06. The maximum absolute atomic E-state index is 13.3. The molecule has 0 spiro atoms. The topological polar surface area (TPSA) is 54.5 Å². The molecule has 1 aliphatic rings. The first-order valence-corrected chi connectivity index (χ1v) is 11.5. The Hall–Kier alpha value is -2.96. The number of carbonyl (C=O) groups excluding carboxylic acids is 1. The Morgan fingerprint density at radius 3 is 2.61 bits per heavy atom. The highest BCUT2D eigenvalue weighted by atomic mass is 35.5. The Morgan fingerprint density at radius 1 is 1.12 bits per heavy atom. The quantitative estimate of drug-likeness (QED) is 0.513. The van der Waals surface area contributed by atoms with Gasteiger partial charge >= 0.3 is 0 Å². The zero-order valence-corrected chi connectivity index (χ0v) is 19.0. The Kier molecular flexibility index (Phi) is 7.92. The average molecular weight is 468 g/mol. The van der Waals surface area contributed by atoms with Crippen LogP contribution in [0, 0.1) is 11.7 Å². The molecule has 4 rings (SSSR count). The van der Waals surface area contributed by atoms with Gasteiger partial charge in [-0.1, -0.05) is 35.9 Å². The van der Waals surface area contributed by atoms with Gasteiger partial charge in [0, 0.05) is 29.7 Å². The van der Waals surface area contributed by atoms with E-state index in [9.17, 15) is 9.18 Å². The lowest BCUT2D eigenvalue weighted by atomic mass is 9.94. The summed E-state index contributed by atoms with van der Waals surface area (Å²) in [7, 11) is 0. The van der Waals surface area contributed by atoms with Crippen LogP contribution in [0.25, 0.3) is 0 Å². The molecule has 7 heteroatoms. The van der Waals surface area contributed by atoms with E-state index in [1.54, 1.807) is 18.3 Å². The van der Waals surface area contributed by atoms with Gasteiger partial charge in [-0.2, -0.15) is 0 Å². The molecule has 5 nitrogen and oxygen atoms in total. The first-order valence-electron chi connectivity index (χ1n) is 11.2. The molecule has 33 heavy (non-hydrogen) atoms. The van der Waals surface area contributed by atoms with Crippen LogP contribution in [0.4, 0.5) is 4.39 Å². The molecule has 0 unspecified atom stereocenters. The van der Waals surface area contributed by atoms with Crippen LogP contribution in [-0.4, -0.2) is 42.0 Å². The van der Waals surface area contributed by atoms with E-state index in [2.05, 4.69) is 15.2 Å². The molecule has 1 N–H and O–H groups in total. The number of pyridine rings is 1. The number of benzene rings is 2. The van der Waals surface area contributed by atoms with Crippen LogP contribution in [0.1, 0.15) is 30.1 Å². The van der Waals surface area contributed by atoms with Crippen molar-refractivity contribution in [3.8, 4) is 5.75 Å². The number of amides is 1. The van der Waals surface area contributed by atoms with Crippen molar-refractivity contribution in [1.29, 1.82) is 0 Å². The fraction of sp³-hybridized carbons (Fsp3) is 0.308. The van der Waals surface area contributed by atoms with Gasteiger partial charge in [-0.3, -0.25) is 14.7 Å². The standard InChI is InChI=1S/C26H27ClFN3O2/c27-21-9-7-19(8-10-21)25(24-6-1-2-13-29-24)30-26(32)20-11-14-31(15-12-20)16-17-33-23-5-3-4-22(28)18-23/h1-10,13,18,20,25H,11-12,14-17H2,(H,30,32)/t25-/m1/s1. The van der Waals surface area contributed by atoms with Gasteiger partial charge in [0.05, 0.1) is 11.7 Å². The summed E-state index contributed by atoms with van der Waals surface area (Å²) in [6.45, 7) is 2.87. The summed E-state index contributed by atoms with van der Waals surface area (Å²) >= 11 is 6.05. The summed E-state index contributed by atoms with van der Waals surface area (Å²) in [5, 5.41) is 3.85. The zero-order chi connectivity index (χ0) is 23.0. The lowest BCUT2D eigenvalue weighted by Gasteiger charge is -2.32. The van der Waals surface area contributed by atoms with Crippen LogP contribution in [0.2, 0.25) is 5.02 Å². The number of hydrogen-bond acceptors (Lipinski definition) is 4. The third kappa shape index (κ3) is 6.53. The summed E-state index contributed by atoms with van der Waals surface area (Å²) in [5.41, 5.74) is 1.73. The molecule has 1 aliphatic heterocycles. The highest BCUT2D eigenvalue weighted by molar-refractivity contribution is 6.30. The minimum atomic E-state index is -0.325. The third-order valence-electron chi connectivity index (χ3n) is 5.90. The van der Waals surface area contributed by atoms with E-state index in [-0.39, 0.29) is 23.7 Å². The fourth-order valence-corrected chi connectivity index (χ4v) is 4.18. The van der Waals surface area contributed by atoms with E-state index in [4.69, 9.17) is 16.3 Å². The number of hydrogen-bond donors (Lipinski definition) is 1. The second-order valence-corrected chi connectivity index (χ2v) is 8.61. The number of aromatic nitrogens is 1. The normalized spacial score (nSPS) is 15.7. The number of rotatable bonds is 8. The molecular weight excluding hydrogens is 441 g/mol.